The lowest BCUT2D eigenvalue weighted by Gasteiger charge is -2.42. The third-order valence-corrected chi connectivity index (χ3v) is 7.69. The Hall–Kier alpha value is -1.65. The molecule has 1 aliphatic heterocycles. The van der Waals surface area contributed by atoms with Crippen molar-refractivity contribution in [1.29, 1.82) is 0 Å². The molecule has 1 N–H and O–H groups in total. The molecule has 1 saturated heterocycles. The van der Waals surface area contributed by atoms with Crippen molar-refractivity contribution in [2.75, 3.05) is 33.3 Å². The number of unbranched alkanes of at least 4 members (excludes halogenated alkanes) is 2. The Balaban J connectivity index is 1.62. The summed E-state index contributed by atoms with van der Waals surface area (Å²) in [5.41, 5.74) is 4.35. The van der Waals surface area contributed by atoms with Crippen molar-refractivity contribution >= 4 is 11.7 Å². The second-order valence-electron chi connectivity index (χ2n) is 11.0. The topological polar surface area (TPSA) is 45.1 Å². The first-order valence-corrected chi connectivity index (χ1v) is 12.5. The smallest absolute Gasteiger partial charge is 0.193 e. The van der Waals surface area contributed by atoms with Gasteiger partial charge in [-0.3, -0.25) is 4.99 Å². The molecule has 1 heterocycles. The molecule has 0 radical (unpaired) electrons. The highest BCUT2D eigenvalue weighted by molar-refractivity contribution is 5.84. The van der Waals surface area contributed by atoms with E-state index in [1.807, 2.05) is 7.05 Å². The van der Waals surface area contributed by atoms with E-state index in [1.165, 1.54) is 30.4 Å². The molecule has 32 heavy (non-hydrogen) atoms. The van der Waals surface area contributed by atoms with Gasteiger partial charge in [0.25, 0.3) is 0 Å². The lowest BCUT2D eigenvalue weighted by Crippen LogP contribution is -2.37. The number of aliphatic imine (C=N–C) groups is 1. The molecule has 1 fully saturated rings. The van der Waals surface area contributed by atoms with Crippen molar-refractivity contribution in [2.24, 2.45) is 10.9 Å². The predicted octanol–water partition coefficient (Wildman–Crippen LogP) is 5.93. The lowest BCUT2D eigenvalue weighted by molar-refractivity contribution is 0.194. The molecular weight excluding hydrogens is 396 g/mol. The van der Waals surface area contributed by atoms with Crippen LogP contribution < -0.4 is 0 Å². The Kier molecular flexibility index (Phi) is 8.21. The summed E-state index contributed by atoms with van der Waals surface area (Å²) in [5.74, 6) is 1.89. The molecule has 4 nitrogen and oxygen atoms in total. The van der Waals surface area contributed by atoms with E-state index in [1.54, 1.807) is 0 Å². The van der Waals surface area contributed by atoms with Crippen LogP contribution in [0.5, 0.6) is 0 Å². The maximum atomic E-state index is 8.94. The fourth-order valence-electron chi connectivity index (χ4n) is 5.29. The average molecular weight is 441 g/mol. The van der Waals surface area contributed by atoms with Crippen LogP contribution in [0.25, 0.3) is 5.76 Å². The van der Waals surface area contributed by atoms with Crippen molar-refractivity contribution in [3.05, 3.63) is 41.5 Å². The van der Waals surface area contributed by atoms with Crippen LogP contribution in [0.2, 0.25) is 0 Å². The van der Waals surface area contributed by atoms with Crippen molar-refractivity contribution < 1.29 is 9.84 Å². The van der Waals surface area contributed by atoms with Crippen molar-refractivity contribution in [1.82, 2.24) is 4.90 Å². The molecule has 0 saturated carbocycles. The maximum absolute atomic E-state index is 8.94. The fourth-order valence-corrected chi connectivity index (χ4v) is 5.29. The fraction of sp³-hybridized carbons (Fsp3) is 0.679. The SMILES string of the molecule is C=C(OC(=NC)C1CCN(CCCCCO)CC1)c1ccc2c(c1)C(C)(C)CCC2(C)C. The predicted molar refractivity (Wildman–Crippen MR) is 135 cm³/mol. The van der Waals surface area contributed by atoms with E-state index in [0.29, 0.717) is 18.3 Å². The quantitative estimate of drug-likeness (QED) is 0.236. The van der Waals surface area contributed by atoms with Crippen LogP contribution >= 0.6 is 0 Å². The summed E-state index contributed by atoms with van der Waals surface area (Å²) in [4.78, 5) is 7.05. The van der Waals surface area contributed by atoms with Gasteiger partial charge in [0.05, 0.1) is 0 Å². The molecule has 0 spiro atoms. The molecule has 0 bridgehead atoms. The number of benzene rings is 1. The normalized spacial score (nSPS) is 21.2. The number of aliphatic hydroxyl groups excluding tert-OH is 1. The van der Waals surface area contributed by atoms with Gasteiger partial charge in [0.2, 0.25) is 0 Å². The van der Waals surface area contributed by atoms with Crippen LogP contribution in [-0.4, -0.2) is 49.2 Å². The van der Waals surface area contributed by atoms with E-state index >= 15 is 0 Å². The van der Waals surface area contributed by atoms with Gasteiger partial charge in [-0.05, 0) is 92.6 Å². The first-order valence-electron chi connectivity index (χ1n) is 12.5. The van der Waals surface area contributed by atoms with Crippen LogP contribution in [-0.2, 0) is 15.6 Å². The number of likely N-dealkylation sites (tertiary alicyclic amines) is 1. The number of hydrogen-bond acceptors (Lipinski definition) is 4. The highest BCUT2D eigenvalue weighted by atomic mass is 16.5. The zero-order valence-corrected chi connectivity index (χ0v) is 21.0. The van der Waals surface area contributed by atoms with E-state index in [0.717, 1.165) is 56.8 Å². The molecular formula is C28H44N2O2. The summed E-state index contributed by atoms with van der Waals surface area (Å²) in [7, 11) is 1.84. The molecule has 1 aromatic rings. The average Bonchev–Trinajstić information content (AvgIpc) is 2.78. The molecule has 0 unspecified atom stereocenters. The van der Waals surface area contributed by atoms with E-state index in [2.05, 4.69) is 62.4 Å². The number of piperidine rings is 1. The van der Waals surface area contributed by atoms with Gasteiger partial charge in [-0.25, -0.2) is 0 Å². The molecule has 3 rings (SSSR count). The Morgan fingerprint density at radius 3 is 2.34 bits per heavy atom. The first-order chi connectivity index (χ1) is 15.2. The van der Waals surface area contributed by atoms with Gasteiger partial charge in [-0.15, -0.1) is 0 Å². The molecule has 178 valence electrons. The summed E-state index contributed by atoms with van der Waals surface area (Å²) in [6.07, 6.45) is 7.75. The zero-order chi connectivity index (χ0) is 23.4. The van der Waals surface area contributed by atoms with E-state index in [-0.39, 0.29) is 10.8 Å². The van der Waals surface area contributed by atoms with Gasteiger partial charge < -0.3 is 14.7 Å². The lowest BCUT2D eigenvalue weighted by atomic mass is 9.63. The number of aliphatic hydroxyl groups is 1. The van der Waals surface area contributed by atoms with Crippen molar-refractivity contribution in [3.8, 4) is 0 Å². The van der Waals surface area contributed by atoms with Gasteiger partial charge in [0.15, 0.2) is 5.90 Å². The van der Waals surface area contributed by atoms with E-state index in [4.69, 9.17) is 9.84 Å². The van der Waals surface area contributed by atoms with Gasteiger partial charge in [0.1, 0.15) is 5.76 Å². The summed E-state index contributed by atoms with van der Waals surface area (Å²) < 4.78 is 6.29. The highest BCUT2D eigenvalue weighted by Crippen LogP contribution is 2.46. The van der Waals surface area contributed by atoms with Crippen LogP contribution in [0.15, 0.2) is 29.8 Å². The third-order valence-electron chi connectivity index (χ3n) is 7.69. The molecule has 4 heteroatoms. The van der Waals surface area contributed by atoms with E-state index < -0.39 is 0 Å². The Bertz CT molecular complexity index is 817. The Morgan fingerprint density at radius 1 is 1.06 bits per heavy atom. The first kappa shape index (κ1) is 25.0. The Morgan fingerprint density at radius 2 is 1.72 bits per heavy atom. The molecule has 2 aliphatic rings. The minimum atomic E-state index is 0.173. The van der Waals surface area contributed by atoms with Crippen molar-refractivity contribution in [2.45, 2.75) is 83.5 Å². The van der Waals surface area contributed by atoms with Crippen LogP contribution in [0.1, 0.15) is 89.3 Å². The minimum Gasteiger partial charge on any atom is -0.443 e. The highest BCUT2D eigenvalue weighted by Gasteiger charge is 2.37. The van der Waals surface area contributed by atoms with Crippen LogP contribution in [0.4, 0.5) is 0 Å². The Labute approximate surface area is 195 Å². The largest absolute Gasteiger partial charge is 0.443 e. The zero-order valence-electron chi connectivity index (χ0n) is 21.0. The number of ether oxygens (including phenoxy) is 1. The molecule has 1 aromatic carbocycles. The van der Waals surface area contributed by atoms with Gasteiger partial charge in [0, 0.05) is 25.1 Å². The summed E-state index contributed by atoms with van der Waals surface area (Å²) in [5, 5.41) is 8.94. The van der Waals surface area contributed by atoms with Crippen LogP contribution in [0.3, 0.4) is 0 Å². The third kappa shape index (κ3) is 5.82. The molecule has 1 aliphatic carbocycles. The van der Waals surface area contributed by atoms with Gasteiger partial charge in [-0.2, -0.15) is 0 Å². The van der Waals surface area contributed by atoms with Crippen LogP contribution in [0, 0.1) is 5.92 Å². The minimum absolute atomic E-state index is 0.173. The van der Waals surface area contributed by atoms with E-state index in [9.17, 15) is 0 Å². The summed E-state index contributed by atoms with van der Waals surface area (Å²) in [6.45, 7) is 17.3. The standard InChI is InChI=1S/C28H44N2O2/c1-21(23-10-11-24-25(20-23)28(4,5)15-14-27(24,2)3)32-26(29-6)22-12-17-30(18-13-22)16-8-7-9-19-31/h10-11,20,22,31H,1,7-9,12-19H2,2-6H3. The van der Waals surface area contributed by atoms with Crippen molar-refractivity contribution in [3.63, 3.8) is 0 Å². The van der Waals surface area contributed by atoms with Gasteiger partial charge >= 0.3 is 0 Å². The molecule has 0 aromatic heterocycles. The number of nitrogens with zero attached hydrogens (tertiary/aromatic N) is 2. The second kappa shape index (κ2) is 10.5. The molecule has 0 amide bonds. The van der Waals surface area contributed by atoms with Gasteiger partial charge in [-0.1, -0.05) is 46.4 Å². The molecule has 0 atom stereocenters. The monoisotopic (exact) mass is 440 g/mol. The second-order valence-corrected chi connectivity index (χ2v) is 11.0. The number of rotatable bonds is 8. The number of fused-ring (bicyclic) bond motifs is 1. The number of hydrogen-bond donors (Lipinski definition) is 1. The summed E-state index contributed by atoms with van der Waals surface area (Å²) in [6, 6.07) is 6.77. The summed E-state index contributed by atoms with van der Waals surface area (Å²) >= 11 is 0. The maximum Gasteiger partial charge on any atom is 0.193 e.